The van der Waals surface area contributed by atoms with Crippen LogP contribution in [0.25, 0.3) is 0 Å². The number of nitrogens with zero attached hydrogens (tertiary/aromatic N) is 1. The summed E-state index contributed by atoms with van der Waals surface area (Å²) in [5, 5.41) is 8.99. The molecule has 0 aliphatic carbocycles. The Bertz CT molecular complexity index is 1000. The van der Waals surface area contributed by atoms with Crippen LogP contribution in [0.3, 0.4) is 0 Å². The number of carboxylic acids is 1. The molecule has 0 saturated carbocycles. The molecule has 0 radical (unpaired) electrons. The van der Waals surface area contributed by atoms with Gasteiger partial charge in [0.25, 0.3) is 0 Å². The van der Waals surface area contributed by atoms with E-state index in [9.17, 15) is 9.18 Å². The molecular weight excluding hydrogens is 385 g/mol. The molecule has 0 atom stereocenters. The van der Waals surface area contributed by atoms with E-state index in [1.807, 2.05) is 35.2 Å². The van der Waals surface area contributed by atoms with E-state index in [0.29, 0.717) is 35.7 Å². The van der Waals surface area contributed by atoms with Crippen LogP contribution in [-0.2, 0) is 24.3 Å². The number of anilines is 1. The molecular formula is C24H24FNO4. The van der Waals surface area contributed by atoms with E-state index in [1.54, 1.807) is 44.6 Å². The summed E-state index contributed by atoms with van der Waals surface area (Å²) in [4.78, 5) is 13.0. The molecule has 0 spiro atoms. The van der Waals surface area contributed by atoms with Crippen molar-refractivity contribution in [2.45, 2.75) is 19.5 Å². The van der Waals surface area contributed by atoms with E-state index in [2.05, 4.69) is 0 Å². The minimum absolute atomic E-state index is 0.0443. The Labute approximate surface area is 175 Å². The quantitative estimate of drug-likeness (QED) is 0.556. The zero-order valence-corrected chi connectivity index (χ0v) is 17.0. The van der Waals surface area contributed by atoms with E-state index < -0.39 is 5.97 Å². The second kappa shape index (κ2) is 9.78. The third kappa shape index (κ3) is 5.08. The van der Waals surface area contributed by atoms with Crippen LogP contribution < -0.4 is 14.4 Å². The summed E-state index contributed by atoms with van der Waals surface area (Å²) in [6.07, 6.45) is -0.0443. The maximum Gasteiger partial charge on any atom is 0.307 e. The van der Waals surface area contributed by atoms with Crippen molar-refractivity contribution < 1.29 is 23.8 Å². The van der Waals surface area contributed by atoms with E-state index in [1.165, 1.54) is 6.07 Å². The summed E-state index contributed by atoms with van der Waals surface area (Å²) in [5.41, 5.74) is 3.00. The maximum absolute atomic E-state index is 14.3. The van der Waals surface area contributed by atoms with Gasteiger partial charge in [0, 0.05) is 29.9 Å². The van der Waals surface area contributed by atoms with Crippen LogP contribution >= 0.6 is 0 Å². The van der Waals surface area contributed by atoms with E-state index in [0.717, 1.165) is 11.3 Å². The number of aliphatic carboxylic acids is 1. The van der Waals surface area contributed by atoms with E-state index in [4.69, 9.17) is 14.6 Å². The van der Waals surface area contributed by atoms with Gasteiger partial charge in [-0.15, -0.1) is 0 Å². The normalized spacial score (nSPS) is 10.5. The average molecular weight is 409 g/mol. The van der Waals surface area contributed by atoms with Crippen LogP contribution in [0.1, 0.15) is 16.7 Å². The highest BCUT2D eigenvalue weighted by molar-refractivity contribution is 5.70. The summed E-state index contributed by atoms with van der Waals surface area (Å²) < 4.78 is 25.3. The number of hydrogen-bond donors (Lipinski definition) is 1. The standard InChI is InChI=1S/C24H24FNO4/c1-29-22-9-5-7-19(24(22)30-2)16-26(15-18-6-3-4-8-21(18)25)20-12-10-17(11-13-20)14-23(27)28/h3-13H,14-16H2,1-2H3,(H,27,28). The second-order valence-electron chi connectivity index (χ2n) is 6.84. The highest BCUT2D eigenvalue weighted by atomic mass is 19.1. The minimum atomic E-state index is -0.882. The molecule has 30 heavy (non-hydrogen) atoms. The highest BCUT2D eigenvalue weighted by Gasteiger charge is 2.16. The molecule has 0 fully saturated rings. The number of ether oxygens (including phenoxy) is 2. The number of hydrogen-bond acceptors (Lipinski definition) is 4. The molecule has 5 nitrogen and oxygen atoms in total. The van der Waals surface area contributed by atoms with Gasteiger partial charge in [0.2, 0.25) is 0 Å². The maximum atomic E-state index is 14.3. The molecule has 3 rings (SSSR count). The fraction of sp³-hybridized carbons (Fsp3) is 0.208. The Kier molecular flexibility index (Phi) is 6.91. The van der Waals surface area contributed by atoms with Crippen molar-refractivity contribution in [1.29, 1.82) is 0 Å². The Balaban J connectivity index is 1.96. The van der Waals surface area contributed by atoms with Crippen molar-refractivity contribution in [2.75, 3.05) is 19.1 Å². The summed E-state index contributed by atoms with van der Waals surface area (Å²) in [6.45, 7) is 0.790. The average Bonchev–Trinajstić information content (AvgIpc) is 2.74. The lowest BCUT2D eigenvalue weighted by molar-refractivity contribution is -0.136. The van der Waals surface area contributed by atoms with Crippen LogP contribution in [0.15, 0.2) is 66.7 Å². The topological polar surface area (TPSA) is 59.0 Å². The monoisotopic (exact) mass is 409 g/mol. The van der Waals surface area contributed by atoms with Crippen molar-refractivity contribution in [3.63, 3.8) is 0 Å². The molecule has 0 amide bonds. The fourth-order valence-corrected chi connectivity index (χ4v) is 3.35. The van der Waals surface area contributed by atoms with Gasteiger partial charge in [0.1, 0.15) is 5.82 Å². The van der Waals surface area contributed by atoms with Crippen LogP contribution in [-0.4, -0.2) is 25.3 Å². The van der Waals surface area contributed by atoms with Gasteiger partial charge in [-0.25, -0.2) is 4.39 Å². The van der Waals surface area contributed by atoms with Gasteiger partial charge in [0.15, 0.2) is 11.5 Å². The van der Waals surface area contributed by atoms with Crippen molar-refractivity contribution in [2.24, 2.45) is 0 Å². The molecule has 1 N–H and O–H groups in total. The third-order valence-corrected chi connectivity index (χ3v) is 4.82. The molecule has 3 aromatic rings. The van der Waals surface area contributed by atoms with Crippen LogP contribution in [0, 0.1) is 5.82 Å². The van der Waals surface area contributed by atoms with Crippen LogP contribution in [0.2, 0.25) is 0 Å². The summed E-state index contributed by atoms with van der Waals surface area (Å²) in [7, 11) is 3.17. The van der Waals surface area contributed by atoms with Gasteiger partial charge in [-0.05, 0) is 29.8 Å². The molecule has 6 heteroatoms. The largest absolute Gasteiger partial charge is 0.493 e. The molecule has 0 aliphatic heterocycles. The van der Waals surface area contributed by atoms with Crippen LogP contribution in [0.5, 0.6) is 11.5 Å². The minimum Gasteiger partial charge on any atom is -0.493 e. The van der Waals surface area contributed by atoms with Gasteiger partial charge in [0.05, 0.1) is 20.6 Å². The molecule has 0 bridgehead atoms. The first kappa shape index (κ1) is 21.2. The Morgan fingerprint density at radius 3 is 2.20 bits per heavy atom. The van der Waals surface area contributed by atoms with Gasteiger partial charge < -0.3 is 19.5 Å². The predicted molar refractivity (Wildman–Crippen MR) is 114 cm³/mol. The number of carboxylic acid groups (broad SMARTS) is 1. The fourth-order valence-electron chi connectivity index (χ4n) is 3.35. The number of rotatable bonds is 9. The first-order valence-electron chi connectivity index (χ1n) is 9.50. The first-order chi connectivity index (χ1) is 14.5. The van der Waals surface area contributed by atoms with Gasteiger partial charge >= 0.3 is 5.97 Å². The van der Waals surface area contributed by atoms with E-state index in [-0.39, 0.29) is 12.2 Å². The van der Waals surface area contributed by atoms with Crippen molar-refractivity contribution >= 4 is 11.7 Å². The Hall–Kier alpha value is -3.54. The number of para-hydroxylation sites is 1. The summed E-state index contributed by atoms with van der Waals surface area (Å²) in [5.74, 6) is 0.0911. The van der Waals surface area contributed by atoms with Crippen molar-refractivity contribution in [3.8, 4) is 11.5 Å². The summed E-state index contributed by atoms with van der Waals surface area (Å²) in [6, 6.07) is 19.6. The molecule has 3 aromatic carbocycles. The first-order valence-corrected chi connectivity index (χ1v) is 9.50. The van der Waals surface area contributed by atoms with Gasteiger partial charge in [-0.1, -0.05) is 42.5 Å². The number of halogens is 1. The number of benzene rings is 3. The Morgan fingerprint density at radius 1 is 0.900 bits per heavy atom. The molecule has 0 aliphatic rings. The smallest absolute Gasteiger partial charge is 0.307 e. The van der Waals surface area contributed by atoms with Gasteiger partial charge in [-0.2, -0.15) is 0 Å². The summed E-state index contributed by atoms with van der Waals surface area (Å²) >= 11 is 0. The highest BCUT2D eigenvalue weighted by Crippen LogP contribution is 2.33. The molecule has 0 saturated heterocycles. The molecule has 156 valence electrons. The van der Waals surface area contributed by atoms with Crippen molar-refractivity contribution in [1.82, 2.24) is 0 Å². The molecule has 0 aromatic heterocycles. The third-order valence-electron chi connectivity index (χ3n) is 4.82. The Morgan fingerprint density at radius 2 is 1.57 bits per heavy atom. The second-order valence-corrected chi connectivity index (χ2v) is 6.84. The molecule has 0 unspecified atom stereocenters. The SMILES string of the molecule is COc1cccc(CN(Cc2ccccc2F)c2ccc(CC(=O)O)cc2)c1OC. The van der Waals surface area contributed by atoms with Crippen molar-refractivity contribution in [3.05, 3.63) is 89.2 Å². The number of methoxy groups -OCH3 is 2. The lowest BCUT2D eigenvalue weighted by Crippen LogP contribution is -2.23. The molecule has 0 heterocycles. The zero-order chi connectivity index (χ0) is 21.5. The lowest BCUT2D eigenvalue weighted by atomic mass is 10.1. The predicted octanol–water partition coefficient (Wildman–Crippen LogP) is 4.68. The van der Waals surface area contributed by atoms with Gasteiger partial charge in [-0.3, -0.25) is 4.79 Å². The number of carbonyl (C=O) groups is 1. The lowest BCUT2D eigenvalue weighted by Gasteiger charge is -2.27. The van der Waals surface area contributed by atoms with Crippen LogP contribution in [0.4, 0.5) is 10.1 Å². The van der Waals surface area contributed by atoms with E-state index >= 15 is 0 Å². The zero-order valence-electron chi connectivity index (χ0n) is 17.0.